The summed E-state index contributed by atoms with van der Waals surface area (Å²) in [5, 5.41) is 0. The molecule has 0 aliphatic rings. The van der Waals surface area contributed by atoms with Crippen molar-refractivity contribution in [3.05, 3.63) is 12.7 Å². The van der Waals surface area contributed by atoms with Crippen molar-refractivity contribution in [2.75, 3.05) is 0 Å². The van der Waals surface area contributed by atoms with Gasteiger partial charge in [-0.15, -0.1) is 6.58 Å². The molecule has 0 atom stereocenters. The van der Waals surface area contributed by atoms with Crippen molar-refractivity contribution in [1.82, 2.24) is 0 Å². The van der Waals surface area contributed by atoms with Gasteiger partial charge >= 0.3 is 0 Å². The summed E-state index contributed by atoms with van der Waals surface area (Å²) in [5.41, 5.74) is 0.454. The third-order valence-electron chi connectivity index (χ3n) is 1.66. The first-order chi connectivity index (χ1) is 4.48. The quantitative estimate of drug-likeness (QED) is 0.523. The van der Waals surface area contributed by atoms with Crippen molar-refractivity contribution in [3.63, 3.8) is 0 Å². The van der Waals surface area contributed by atoms with E-state index in [0.717, 1.165) is 12.3 Å². The standard InChI is InChI=1S/C10H20/c1-6-7-10(4,5)8-9(2)3/h6,9H,1,7-8H2,2-5H3. The lowest BCUT2D eigenvalue weighted by molar-refractivity contribution is 0.291. The van der Waals surface area contributed by atoms with Crippen LogP contribution in [0, 0.1) is 11.3 Å². The average molecular weight is 140 g/mol. The van der Waals surface area contributed by atoms with Crippen molar-refractivity contribution in [1.29, 1.82) is 0 Å². The molecule has 0 aromatic carbocycles. The van der Waals surface area contributed by atoms with Crippen molar-refractivity contribution in [2.24, 2.45) is 11.3 Å². The van der Waals surface area contributed by atoms with E-state index in [0.29, 0.717) is 5.41 Å². The Kier molecular flexibility index (Phi) is 3.70. The molecule has 10 heavy (non-hydrogen) atoms. The van der Waals surface area contributed by atoms with Gasteiger partial charge in [0.15, 0.2) is 0 Å². The summed E-state index contributed by atoms with van der Waals surface area (Å²) in [5.74, 6) is 0.801. The Balaban J connectivity index is 3.73. The topological polar surface area (TPSA) is 0 Å². The number of hydrogen-bond acceptors (Lipinski definition) is 0. The fourth-order valence-electron chi connectivity index (χ4n) is 1.58. The summed E-state index contributed by atoms with van der Waals surface area (Å²) in [6.45, 7) is 12.9. The lowest BCUT2D eigenvalue weighted by atomic mass is 9.81. The molecule has 0 amide bonds. The molecule has 0 heterocycles. The Labute approximate surface area is 65.3 Å². The molecule has 0 nitrogen and oxygen atoms in total. The van der Waals surface area contributed by atoms with Crippen molar-refractivity contribution >= 4 is 0 Å². The van der Waals surface area contributed by atoms with E-state index in [1.54, 1.807) is 0 Å². The molecule has 0 fully saturated rings. The highest BCUT2D eigenvalue weighted by molar-refractivity contribution is 4.80. The van der Waals surface area contributed by atoms with Gasteiger partial charge in [0.1, 0.15) is 0 Å². The Hall–Kier alpha value is -0.260. The molecule has 0 bridgehead atoms. The maximum Gasteiger partial charge on any atom is -0.0302 e. The van der Waals surface area contributed by atoms with Gasteiger partial charge in [-0.2, -0.15) is 0 Å². The van der Waals surface area contributed by atoms with Gasteiger partial charge in [-0.3, -0.25) is 0 Å². The zero-order valence-corrected chi connectivity index (χ0v) is 7.78. The van der Waals surface area contributed by atoms with E-state index >= 15 is 0 Å². The smallest absolute Gasteiger partial charge is 0.0302 e. The Morgan fingerprint density at radius 1 is 1.40 bits per heavy atom. The van der Waals surface area contributed by atoms with Crippen molar-refractivity contribution in [3.8, 4) is 0 Å². The minimum Gasteiger partial charge on any atom is -0.103 e. The van der Waals surface area contributed by atoms with E-state index in [4.69, 9.17) is 0 Å². The molecule has 0 aliphatic carbocycles. The highest BCUT2D eigenvalue weighted by Crippen LogP contribution is 2.28. The van der Waals surface area contributed by atoms with E-state index in [9.17, 15) is 0 Å². The van der Waals surface area contributed by atoms with Gasteiger partial charge < -0.3 is 0 Å². The summed E-state index contributed by atoms with van der Waals surface area (Å²) < 4.78 is 0. The lowest BCUT2D eigenvalue weighted by Crippen LogP contribution is -2.12. The second-order valence-corrected chi connectivity index (χ2v) is 4.25. The van der Waals surface area contributed by atoms with Gasteiger partial charge in [-0.05, 0) is 24.2 Å². The highest BCUT2D eigenvalue weighted by Gasteiger charge is 2.16. The number of hydrogen-bond donors (Lipinski definition) is 0. The Bertz CT molecular complexity index is 98.6. The van der Waals surface area contributed by atoms with Crippen LogP contribution in [0.2, 0.25) is 0 Å². The van der Waals surface area contributed by atoms with Crippen LogP contribution in [0.15, 0.2) is 12.7 Å². The first-order valence-corrected chi connectivity index (χ1v) is 4.09. The largest absolute Gasteiger partial charge is 0.103 e. The van der Waals surface area contributed by atoms with Gasteiger partial charge in [-0.25, -0.2) is 0 Å². The third kappa shape index (κ3) is 4.60. The molecule has 0 saturated heterocycles. The van der Waals surface area contributed by atoms with Crippen LogP contribution in [0.3, 0.4) is 0 Å². The molecule has 0 N–H and O–H groups in total. The first kappa shape index (κ1) is 9.74. The van der Waals surface area contributed by atoms with Crippen LogP contribution in [0.25, 0.3) is 0 Å². The summed E-state index contributed by atoms with van der Waals surface area (Å²) in [6, 6.07) is 0. The van der Waals surface area contributed by atoms with Crippen LogP contribution in [-0.4, -0.2) is 0 Å². The molecule has 0 spiro atoms. The molecule has 0 aromatic heterocycles. The third-order valence-corrected chi connectivity index (χ3v) is 1.66. The zero-order valence-electron chi connectivity index (χ0n) is 7.78. The predicted octanol–water partition coefficient (Wildman–Crippen LogP) is 3.63. The molecule has 0 unspecified atom stereocenters. The van der Waals surface area contributed by atoms with Gasteiger partial charge in [0.2, 0.25) is 0 Å². The summed E-state index contributed by atoms with van der Waals surface area (Å²) in [4.78, 5) is 0. The maximum absolute atomic E-state index is 3.75. The maximum atomic E-state index is 3.75. The highest BCUT2D eigenvalue weighted by atomic mass is 14.2. The van der Waals surface area contributed by atoms with E-state index in [1.807, 2.05) is 6.08 Å². The minimum absolute atomic E-state index is 0.454. The van der Waals surface area contributed by atoms with Crippen LogP contribution in [0.5, 0.6) is 0 Å². The summed E-state index contributed by atoms with van der Waals surface area (Å²) in [6.07, 6.45) is 4.44. The van der Waals surface area contributed by atoms with Crippen molar-refractivity contribution in [2.45, 2.75) is 40.5 Å². The van der Waals surface area contributed by atoms with E-state index < -0.39 is 0 Å². The Morgan fingerprint density at radius 3 is 2.20 bits per heavy atom. The minimum atomic E-state index is 0.454. The first-order valence-electron chi connectivity index (χ1n) is 4.09. The predicted molar refractivity (Wildman–Crippen MR) is 48.1 cm³/mol. The van der Waals surface area contributed by atoms with Crippen molar-refractivity contribution < 1.29 is 0 Å². The molecule has 0 radical (unpaired) electrons. The van der Waals surface area contributed by atoms with Gasteiger partial charge in [-0.1, -0.05) is 33.8 Å². The Morgan fingerprint density at radius 2 is 1.90 bits per heavy atom. The molecule has 0 saturated carbocycles. The molecule has 60 valence electrons. The molecule has 0 heteroatoms. The molecular formula is C10H20. The van der Waals surface area contributed by atoms with E-state index in [-0.39, 0.29) is 0 Å². The fraction of sp³-hybridized carbons (Fsp3) is 0.800. The number of rotatable bonds is 4. The van der Waals surface area contributed by atoms with Crippen LogP contribution >= 0.6 is 0 Å². The lowest BCUT2D eigenvalue weighted by Gasteiger charge is -2.24. The monoisotopic (exact) mass is 140 g/mol. The summed E-state index contributed by atoms with van der Waals surface area (Å²) >= 11 is 0. The van der Waals surface area contributed by atoms with Crippen LogP contribution in [-0.2, 0) is 0 Å². The molecule has 0 aromatic rings. The van der Waals surface area contributed by atoms with Crippen LogP contribution < -0.4 is 0 Å². The second kappa shape index (κ2) is 3.80. The molecular weight excluding hydrogens is 120 g/mol. The van der Waals surface area contributed by atoms with E-state index in [2.05, 4.69) is 34.3 Å². The van der Waals surface area contributed by atoms with Gasteiger partial charge in [0, 0.05) is 0 Å². The van der Waals surface area contributed by atoms with Crippen LogP contribution in [0.4, 0.5) is 0 Å². The van der Waals surface area contributed by atoms with Crippen LogP contribution in [0.1, 0.15) is 40.5 Å². The second-order valence-electron chi connectivity index (χ2n) is 4.25. The summed E-state index contributed by atoms with van der Waals surface area (Å²) in [7, 11) is 0. The average Bonchev–Trinajstić information content (AvgIpc) is 1.59. The number of allylic oxidation sites excluding steroid dienone is 1. The zero-order chi connectivity index (χ0) is 8.20. The fourth-order valence-corrected chi connectivity index (χ4v) is 1.58. The van der Waals surface area contributed by atoms with Gasteiger partial charge in [0.05, 0.1) is 0 Å². The SMILES string of the molecule is C=CCC(C)(C)CC(C)C. The molecule has 0 rings (SSSR count). The van der Waals surface area contributed by atoms with E-state index in [1.165, 1.54) is 6.42 Å². The normalized spacial score (nSPS) is 12.1. The molecule has 0 aliphatic heterocycles. The van der Waals surface area contributed by atoms with Gasteiger partial charge in [0.25, 0.3) is 0 Å².